The van der Waals surface area contributed by atoms with Crippen molar-refractivity contribution in [3.8, 4) is 11.4 Å². The second kappa shape index (κ2) is 7.50. The smallest absolute Gasteiger partial charge is 0.143 e. The van der Waals surface area contributed by atoms with Crippen molar-refractivity contribution in [2.24, 2.45) is 0 Å². The highest BCUT2D eigenvalue weighted by molar-refractivity contribution is 7.99. The summed E-state index contributed by atoms with van der Waals surface area (Å²) < 4.78 is 8.14. The molecule has 0 radical (unpaired) electrons. The molecular weight excluding hydrogens is 276 g/mol. The quantitative estimate of drug-likeness (QED) is 0.782. The summed E-state index contributed by atoms with van der Waals surface area (Å²) in [4.78, 5) is 4.09. The van der Waals surface area contributed by atoms with Gasteiger partial charge in [0.1, 0.15) is 11.9 Å². The third-order valence-electron chi connectivity index (χ3n) is 2.65. The highest BCUT2D eigenvalue weighted by Crippen LogP contribution is 2.24. The summed E-state index contributed by atoms with van der Waals surface area (Å²) in [6, 6.07) is 8.08. The van der Waals surface area contributed by atoms with E-state index in [4.69, 9.17) is 4.74 Å². The molecule has 0 saturated carbocycles. The molecule has 0 amide bonds. The van der Waals surface area contributed by atoms with E-state index in [0.29, 0.717) is 0 Å². The fourth-order valence-corrected chi connectivity index (χ4v) is 3.10. The van der Waals surface area contributed by atoms with Crippen LogP contribution in [-0.4, -0.2) is 39.7 Å². The molecule has 0 aliphatic rings. The average Bonchev–Trinajstić information content (AvgIpc) is 2.94. The van der Waals surface area contributed by atoms with Crippen LogP contribution in [0, 0.1) is 0 Å². The van der Waals surface area contributed by atoms with Crippen LogP contribution in [0.2, 0.25) is 0 Å². The SMILES string of the molecule is CSCC(CSC)Oc1ccccc1-n1ccnc1. The van der Waals surface area contributed by atoms with Gasteiger partial charge in [-0.1, -0.05) is 12.1 Å². The molecule has 2 aromatic rings. The van der Waals surface area contributed by atoms with Crippen molar-refractivity contribution in [2.75, 3.05) is 24.0 Å². The van der Waals surface area contributed by atoms with Crippen LogP contribution < -0.4 is 4.74 Å². The summed E-state index contributed by atoms with van der Waals surface area (Å²) >= 11 is 3.63. The number of para-hydroxylation sites is 2. The van der Waals surface area contributed by atoms with E-state index < -0.39 is 0 Å². The van der Waals surface area contributed by atoms with Gasteiger partial charge in [0.25, 0.3) is 0 Å². The lowest BCUT2D eigenvalue weighted by molar-refractivity contribution is 0.251. The lowest BCUT2D eigenvalue weighted by Gasteiger charge is -2.19. The van der Waals surface area contributed by atoms with E-state index in [1.807, 2.05) is 58.6 Å². The van der Waals surface area contributed by atoms with Gasteiger partial charge in [0, 0.05) is 23.9 Å². The minimum Gasteiger partial charge on any atom is -0.487 e. The molecule has 0 aliphatic heterocycles. The summed E-state index contributed by atoms with van der Waals surface area (Å²) in [5, 5.41) is 0. The number of ether oxygens (including phenoxy) is 1. The van der Waals surface area contributed by atoms with E-state index in [-0.39, 0.29) is 6.10 Å². The van der Waals surface area contributed by atoms with Crippen LogP contribution in [0.1, 0.15) is 0 Å². The van der Waals surface area contributed by atoms with Crippen molar-refractivity contribution >= 4 is 23.5 Å². The summed E-state index contributed by atoms with van der Waals surface area (Å²) in [6.45, 7) is 0. The third-order valence-corrected chi connectivity index (χ3v) is 4.06. The predicted octanol–water partition coefficient (Wildman–Crippen LogP) is 3.35. The number of hydrogen-bond donors (Lipinski definition) is 0. The van der Waals surface area contributed by atoms with Gasteiger partial charge in [-0.05, 0) is 24.6 Å². The zero-order valence-electron chi connectivity index (χ0n) is 11.2. The molecule has 1 aromatic carbocycles. The van der Waals surface area contributed by atoms with Crippen molar-refractivity contribution in [1.82, 2.24) is 9.55 Å². The third kappa shape index (κ3) is 3.94. The van der Waals surface area contributed by atoms with Gasteiger partial charge in [0.15, 0.2) is 0 Å². The first-order chi connectivity index (χ1) is 9.35. The van der Waals surface area contributed by atoms with E-state index in [0.717, 1.165) is 22.9 Å². The summed E-state index contributed by atoms with van der Waals surface area (Å²) in [6.07, 6.45) is 9.95. The minimum absolute atomic E-state index is 0.231. The second-order valence-corrected chi connectivity index (χ2v) is 5.91. The van der Waals surface area contributed by atoms with Gasteiger partial charge in [-0.2, -0.15) is 23.5 Å². The average molecular weight is 294 g/mol. The van der Waals surface area contributed by atoms with Crippen molar-refractivity contribution in [3.05, 3.63) is 43.0 Å². The topological polar surface area (TPSA) is 27.1 Å². The van der Waals surface area contributed by atoms with Gasteiger partial charge in [0.05, 0.1) is 12.0 Å². The molecule has 5 heteroatoms. The number of benzene rings is 1. The molecule has 0 atom stereocenters. The molecule has 0 saturated heterocycles. The Morgan fingerprint density at radius 1 is 1.21 bits per heavy atom. The molecule has 1 heterocycles. The maximum absolute atomic E-state index is 6.16. The lowest BCUT2D eigenvalue weighted by Crippen LogP contribution is -2.22. The Labute approximate surface area is 122 Å². The Bertz CT molecular complexity index is 482. The Morgan fingerprint density at radius 2 is 1.95 bits per heavy atom. The molecule has 102 valence electrons. The van der Waals surface area contributed by atoms with Gasteiger partial charge in [0.2, 0.25) is 0 Å². The van der Waals surface area contributed by atoms with Gasteiger partial charge in [-0.15, -0.1) is 0 Å². The highest BCUT2D eigenvalue weighted by Gasteiger charge is 2.12. The highest BCUT2D eigenvalue weighted by atomic mass is 32.2. The zero-order chi connectivity index (χ0) is 13.5. The number of rotatable bonds is 7. The number of aromatic nitrogens is 2. The Balaban J connectivity index is 2.19. The van der Waals surface area contributed by atoms with Crippen molar-refractivity contribution in [2.45, 2.75) is 6.10 Å². The molecule has 19 heavy (non-hydrogen) atoms. The molecule has 0 fully saturated rings. The van der Waals surface area contributed by atoms with Crippen LogP contribution in [0.3, 0.4) is 0 Å². The van der Waals surface area contributed by atoms with Crippen molar-refractivity contribution in [1.29, 1.82) is 0 Å². The van der Waals surface area contributed by atoms with E-state index in [1.165, 1.54) is 0 Å². The molecule has 3 nitrogen and oxygen atoms in total. The Hall–Kier alpha value is -1.07. The van der Waals surface area contributed by atoms with Crippen LogP contribution >= 0.6 is 23.5 Å². The summed E-state index contributed by atoms with van der Waals surface area (Å²) in [7, 11) is 0. The minimum atomic E-state index is 0.231. The van der Waals surface area contributed by atoms with E-state index in [2.05, 4.69) is 17.5 Å². The Morgan fingerprint density at radius 3 is 2.58 bits per heavy atom. The zero-order valence-corrected chi connectivity index (χ0v) is 12.8. The van der Waals surface area contributed by atoms with Crippen LogP contribution in [-0.2, 0) is 0 Å². The maximum atomic E-state index is 6.16. The van der Waals surface area contributed by atoms with Crippen LogP contribution in [0.25, 0.3) is 5.69 Å². The van der Waals surface area contributed by atoms with Crippen LogP contribution in [0.4, 0.5) is 0 Å². The van der Waals surface area contributed by atoms with Crippen molar-refractivity contribution in [3.63, 3.8) is 0 Å². The Kier molecular flexibility index (Phi) is 5.66. The number of imidazole rings is 1. The van der Waals surface area contributed by atoms with Gasteiger partial charge in [-0.25, -0.2) is 4.98 Å². The second-order valence-electron chi connectivity index (χ2n) is 4.09. The van der Waals surface area contributed by atoms with E-state index in [1.54, 1.807) is 12.5 Å². The maximum Gasteiger partial charge on any atom is 0.143 e. The fraction of sp³-hybridized carbons (Fsp3) is 0.357. The van der Waals surface area contributed by atoms with Crippen molar-refractivity contribution < 1.29 is 4.74 Å². The molecular formula is C14H18N2OS2. The lowest BCUT2D eigenvalue weighted by atomic mass is 10.3. The first-order valence-electron chi connectivity index (χ1n) is 6.07. The number of thioether (sulfide) groups is 2. The number of nitrogens with zero attached hydrogens (tertiary/aromatic N) is 2. The first kappa shape index (κ1) is 14.3. The van der Waals surface area contributed by atoms with E-state index in [9.17, 15) is 0 Å². The fourth-order valence-electron chi connectivity index (χ4n) is 1.84. The van der Waals surface area contributed by atoms with Crippen LogP contribution in [0.15, 0.2) is 43.0 Å². The largest absolute Gasteiger partial charge is 0.487 e. The molecule has 0 unspecified atom stereocenters. The molecule has 0 N–H and O–H groups in total. The molecule has 2 rings (SSSR count). The monoisotopic (exact) mass is 294 g/mol. The standard InChI is InChI=1S/C14H18N2OS2/c1-18-9-12(10-19-2)17-14-6-4-3-5-13(14)16-8-7-15-11-16/h3-8,11-12H,9-10H2,1-2H3. The molecule has 0 aliphatic carbocycles. The summed E-state index contributed by atoms with van der Waals surface area (Å²) in [5.74, 6) is 2.91. The van der Waals surface area contributed by atoms with E-state index >= 15 is 0 Å². The predicted molar refractivity (Wildman–Crippen MR) is 84.7 cm³/mol. The molecule has 0 bridgehead atoms. The van der Waals surface area contributed by atoms with Gasteiger partial charge >= 0.3 is 0 Å². The number of hydrogen-bond acceptors (Lipinski definition) is 4. The van der Waals surface area contributed by atoms with Crippen LogP contribution in [0.5, 0.6) is 5.75 Å². The summed E-state index contributed by atoms with van der Waals surface area (Å²) in [5.41, 5.74) is 1.03. The van der Waals surface area contributed by atoms with Gasteiger partial charge < -0.3 is 9.30 Å². The molecule has 0 spiro atoms. The first-order valence-corrected chi connectivity index (χ1v) is 8.85. The molecule has 1 aromatic heterocycles. The normalized spacial score (nSPS) is 10.9. The van der Waals surface area contributed by atoms with Gasteiger partial charge in [-0.3, -0.25) is 0 Å².